The van der Waals surface area contributed by atoms with Gasteiger partial charge in [0.15, 0.2) is 11.5 Å². The molecule has 4 rings (SSSR count). The number of anilines is 1. The van der Waals surface area contributed by atoms with Crippen LogP contribution >= 0.6 is 0 Å². The molecule has 0 bridgehead atoms. The van der Waals surface area contributed by atoms with Crippen molar-refractivity contribution in [2.45, 2.75) is 45.7 Å². The Hall–Kier alpha value is -4.05. The maximum Gasteiger partial charge on any atom is 0.244 e. The highest BCUT2D eigenvalue weighted by Gasteiger charge is 2.33. The maximum atomic E-state index is 14.1. The minimum atomic E-state index is -3.88. The summed E-state index contributed by atoms with van der Waals surface area (Å²) in [6, 6.07) is 21.1. The predicted molar refractivity (Wildman–Crippen MR) is 158 cm³/mol. The number of benzene rings is 3. The molecule has 9 nitrogen and oxygen atoms in total. The highest BCUT2D eigenvalue weighted by Crippen LogP contribution is 2.36. The highest BCUT2D eigenvalue weighted by molar-refractivity contribution is 7.92. The second-order valence-corrected chi connectivity index (χ2v) is 12.1. The van der Waals surface area contributed by atoms with Gasteiger partial charge in [0.05, 0.1) is 11.9 Å². The molecule has 0 aliphatic carbocycles. The van der Waals surface area contributed by atoms with Crippen molar-refractivity contribution in [2.75, 3.05) is 30.4 Å². The monoisotopic (exact) mass is 579 g/mol. The van der Waals surface area contributed by atoms with Crippen LogP contribution in [0.15, 0.2) is 72.8 Å². The summed E-state index contributed by atoms with van der Waals surface area (Å²) in [5.41, 5.74) is 3.06. The number of rotatable bonds is 13. The van der Waals surface area contributed by atoms with E-state index in [1.807, 2.05) is 68.4 Å². The molecule has 0 saturated carbocycles. The van der Waals surface area contributed by atoms with Gasteiger partial charge in [0.25, 0.3) is 0 Å². The number of hydrogen-bond acceptors (Lipinski definition) is 6. The molecule has 0 spiro atoms. The van der Waals surface area contributed by atoms with Gasteiger partial charge in [-0.25, -0.2) is 8.42 Å². The third-order valence-corrected chi connectivity index (χ3v) is 8.04. The number of aryl methyl sites for hydroxylation is 1. The Morgan fingerprint density at radius 3 is 2.34 bits per heavy atom. The van der Waals surface area contributed by atoms with Crippen molar-refractivity contribution >= 4 is 27.5 Å². The van der Waals surface area contributed by atoms with Gasteiger partial charge in [0, 0.05) is 25.6 Å². The Bertz CT molecular complexity index is 1440. The number of unbranched alkanes of at least 4 members (excludes halogenated alkanes) is 1. The lowest BCUT2D eigenvalue weighted by Crippen LogP contribution is -2.53. The number of ether oxygens (including phenoxy) is 2. The molecule has 0 radical (unpaired) electrons. The zero-order valence-electron chi connectivity index (χ0n) is 23.7. The van der Waals surface area contributed by atoms with E-state index in [0.29, 0.717) is 18.0 Å². The lowest BCUT2D eigenvalue weighted by molar-refractivity contribution is -0.140. The van der Waals surface area contributed by atoms with Crippen LogP contribution in [-0.2, 0) is 32.6 Å². The lowest BCUT2D eigenvalue weighted by Gasteiger charge is -2.33. The Balaban J connectivity index is 1.70. The number of amides is 2. The third-order valence-electron chi connectivity index (χ3n) is 6.90. The van der Waals surface area contributed by atoms with Gasteiger partial charge in [-0.15, -0.1) is 0 Å². The van der Waals surface area contributed by atoms with E-state index in [1.54, 1.807) is 18.2 Å². The van der Waals surface area contributed by atoms with Crippen LogP contribution in [0.5, 0.6) is 11.5 Å². The Morgan fingerprint density at radius 1 is 0.951 bits per heavy atom. The molecule has 3 aromatic carbocycles. The second kappa shape index (κ2) is 13.5. The molecular formula is C31H37N3O6S. The average Bonchev–Trinajstić information content (AvgIpc) is 3.42. The van der Waals surface area contributed by atoms with E-state index in [1.165, 1.54) is 4.90 Å². The van der Waals surface area contributed by atoms with Crippen LogP contribution in [0, 0.1) is 6.92 Å². The first-order chi connectivity index (χ1) is 19.7. The fourth-order valence-corrected chi connectivity index (χ4v) is 5.45. The second-order valence-electron chi connectivity index (χ2n) is 10.2. The summed E-state index contributed by atoms with van der Waals surface area (Å²) in [6.45, 7) is 4.18. The number of hydrogen-bond donors (Lipinski definition) is 1. The first kappa shape index (κ1) is 29.9. The van der Waals surface area contributed by atoms with Crippen molar-refractivity contribution in [3.8, 4) is 11.5 Å². The first-order valence-corrected chi connectivity index (χ1v) is 15.5. The Morgan fingerprint density at radius 2 is 1.66 bits per heavy atom. The predicted octanol–water partition coefficient (Wildman–Crippen LogP) is 4.05. The van der Waals surface area contributed by atoms with E-state index in [4.69, 9.17) is 9.47 Å². The molecule has 1 N–H and O–H groups in total. The van der Waals surface area contributed by atoms with Crippen LogP contribution in [-0.4, -0.2) is 57.3 Å². The molecule has 10 heteroatoms. The number of nitrogens with zero attached hydrogens (tertiary/aromatic N) is 2. The molecule has 218 valence electrons. The van der Waals surface area contributed by atoms with Crippen molar-refractivity contribution in [1.29, 1.82) is 0 Å². The zero-order valence-corrected chi connectivity index (χ0v) is 24.5. The van der Waals surface area contributed by atoms with E-state index in [-0.39, 0.29) is 31.4 Å². The molecule has 1 heterocycles. The van der Waals surface area contributed by atoms with E-state index in [0.717, 1.165) is 40.1 Å². The molecule has 0 saturated heterocycles. The number of sulfonamides is 1. The molecule has 3 aromatic rings. The van der Waals surface area contributed by atoms with Gasteiger partial charge >= 0.3 is 0 Å². The summed E-state index contributed by atoms with van der Waals surface area (Å²) < 4.78 is 37.7. The average molecular weight is 580 g/mol. The summed E-state index contributed by atoms with van der Waals surface area (Å²) in [5.74, 6) is 0.121. The van der Waals surface area contributed by atoms with Crippen LogP contribution in [0.1, 0.15) is 36.5 Å². The largest absolute Gasteiger partial charge is 0.454 e. The van der Waals surface area contributed by atoms with E-state index < -0.39 is 28.5 Å². The number of carbonyl (C=O) groups is 2. The van der Waals surface area contributed by atoms with Crippen LogP contribution in [0.25, 0.3) is 0 Å². The number of fused-ring (bicyclic) bond motifs is 1. The fraction of sp³-hybridized carbons (Fsp3) is 0.355. The quantitative estimate of drug-likeness (QED) is 0.307. The van der Waals surface area contributed by atoms with Gasteiger partial charge < -0.3 is 19.7 Å². The summed E-state index contributed by atoms with van der Waals surface area (Å²) >= 11 is 0. The standard InChI is InChI=1S/C31H37N3O6S/c1-4-5-17-32-31(36)27(18-24-9-7-6-8-10-24)33(20-25-13-11-23(2)12-14-25)30(35)21-34(41(3,37)38)26-15-16-28-29(19-26)40-22-39-28/h6-16,19,27H,4-5,17-18,20-22H2,1-3H3,(H,32,36)/t27-/m1/s1. The summed E-state index contributed by atoms with van der Waals surface area (Å²) in [4.78, 5) is 29.2. The van der Waals surface area contributed by atoms with Gasteiger partial charge in [-0.2, -0.15) is 0 Å². The number of nitrogens with one attached hydrogen (secondary N) is 1. The van der Waals surface area contributed by atoms with Gasteiger partial charge in [-0.1, -0.05) is 73.5 Å². The molecule has 1 aliphatic rings. The summed E-state index contributed by atoms with van der Waals surface area (Å²) in [5, 5.41) is 2.98. The Kier molecular flexibility index (Phi) is 9.88. The van der Waals surface area contributed by atoms with E-state index >= 15 is 0 Å². The molecule has 0 fully saturated rings. The topological polar surface area (TPSA) is 105 Å². The van der Waals surface area contributed by atoms with Gasteiger partial charge in [-0.05, 0) is 36.6 Å². The van der Waals surface area contributed by atoms with Crippen molar-refractivity contribution in [3.05, 3.63) is 89.5 Å². The van der Waals surface area contributed by atoms with Crippen LogP contribution in [0.2, 0.25) is 0 Å². The van der Waals surface area contributed by atoms with Crippen molar-refractivity contribution in [3.63, 3.8) is 0 Å². The van der Waals surface area contributed by atoms with E-state index in [9.17, 15) is 18.0 Å². The molecular weight excluding hydrogens is 542 g/mol. The summed E-state index contributed by atoms with van der Waals surface area (Å²) in [6.07, 6.45) is 3.05. The molecule has 2 amide bonds. The van der Waals surface area contributed by atoms with Crippen LogP contribution < -0.4 is 19.1 Å². The van der Waals surface area contributed by atoms with Crippen molar-refractivity contribution in [1.82, 2.24) is 10.2 Å². The van der Waals surface area contributed by atoms with Gasteiger partial charge in [-0.3, -0.25) is 13.9 Å². The first-order valence-electron chi connectivity index (χ1n) is 13.7. The minimum Gasteiger partial charge on any atom is -0.454 e. The molecule has 41 heavy (non-hydrogen) atoms. The zero-order chi connectivity index (χ0) is 29.4. The normalized spacial score (nSPS) is 13.0. The van der Waals surface area contributed by atoms with Gasteiger partial charge in [0.2, 0.25) is 28.6 Å². The maximum absolute atomic E-state index is 14.1. The SMILES string of the molecule is CCCCNC(=O)[C@@H](Cc1ccccc1)N(Cc1ccc(C)cc1)C(=O)CN(c1ccc2c(c1)OCO2)S(C)(=O)=O. The fourth-order valence-electron chi connectivity index (χ4n) is 4.60. The smallest absolute Gasteiger partial charge is 0.244 e. The summed E-state index contributed by atoms with van der Waals surface area (Å²) in [7, 11) is -3.88. The number of carbonyl (C=O) groups excluding carboxylic acids is 2. The van der Waals surface area contributed by atoms with Crippen molar-refractivity contribution in [2.24, 2.45) is 0 Å². The molecule has 1 aliphatic heterocycles. The van der Waals surface area contributed by atoms with Crippen LogP contribution in [0.4, 0.5) is 5.69 Å². The van der Waals surface area contributed by atoms with Crippen molar-refractivity contribution < 1.29 is 27.5 Å². The van der Waals surface area contributed by atoms with Gasteiger partial charge in [0.1, 0.15) is 12.6 Å². The third kappa shape index (κ3) is 8.00. The van der Waals surface area contributed by atoms with E-state index in [2.05, 4.69) is 5.32 Å². The minimum absolute atomic E-state index is 0.0369. The van der Waals surface area contributed by atoms with Crippen LogP contribution in [0.3, 0.4) is 0 Å². The highest BCUT2D eigenvalue weighted by atomic mass is 32.2. The molecule has 0 aromatic heterocycles. The lowest BCUT2D eigenvalue weighted by atomic mass is 10.0. The molecule has 1 atom stereocenters. The molecule has 0 unspecified atom stereocenters. The Labute approximate surface area is 242 Å².